The lowest BCUT2D eigenvalue weighted by atomic mass is 9.83. The molecule has 1 fully saturated rings. The minimum absolute atomic E-state index is 0.0410. The highest BCUT2D eigenvalue weighted by Gasteiger charge is 2.58. The second-order valence-corrected chi connectivity index (χ2v) is 4.81. The van der Waals surface area contributed by atoms with Gasteiger partial charge >= 0.3 is 0 Å². The predicted molar refractivity (Wildman–Crippen MR) is 70.3 cm³/mol. The van der Waals surface area contributed by atoms with Crippen molar-refractivity contribution >= 4 is 5.78 Å². The lowest BCUT2D eigenvalue weighted by Gasteiger charge is -2.35. The molecule has 100 valence electrons. The number of rotatable bonds is 1. The van der Waals surface area contributed by atoms with Crippen molar-refractivity contribution in [2.45, 2.75) is 11.9 Å². The van der Waals surface area contributed by atoms with E-state index >= 15 is 0 Å². The van der Waals surface area contributed by atoms with Gasteiger partial charge in [-0.2, -0.15) is 0 Å². The average molecular weight is 268 g/mol. The van der Waals surface area contributed by atoms with E-state index in [1.54, 1.807) is 12.1 Å². The van der Waals surface area contributed by atoms with Crippen molar-refractivity contribution in [2.24, 2.45) is 0 Å². The van der Waals surface area contributed by atoms with E-state index in [1.807, 2.05) is 42.5 Å². The molecular weight excluding hydrogens is 256 g/mol. The number of hydrogen-bond donors (Lipinski definition) is 0. The van der Waals surface area contributed by atoms with Crippen molar-refractivity contribution in [3.8, 4) is 5.75 Å². The highest BCUT2D eigenvalue weighted by atomic mass is 16.8. The van der Waals surface area contributed by atoms with Crippen molar-refractivity contribution < 1.29 is 19.0 Å². The lowest BCUT2D eigenvalue weighted by Crippen LogP contribution is -2.50. The van der Waals surface area contributed by atoms with E-state index < -0.39 is 11.9 Å². The van der Waals surface area contributed by atoms with Crippen LogP contribution in [0, 0.1) is 0 Å². The van der Waals surface area contributed by atoms with E-state index in [0.29, 0.717) is 11.3 Å². The van der Waals surface area contributed by atoms with E-state index in [4.69, 9.17) is 14.2 Å². The Hall–Kier alpha value is -2.17. The molecule has 2 unspecified atom stereocenters. The zero-order valence-corrected chi connectivity index (χ0v) is 10.6. The third-order valence-electron chi connectivity index (χ3n) is 3.74. The molecule has 4 rings (SSSR count). The fraction of sp³-hybridized carbons (Fsp3) is 0.188. The standard InChI is InChI=1S/C16H12O4/c17-14-12-8-4-5-9-13(12)20-15-16(14,19-10-18-15)11-6-2-1-3-7-11/h1-9,15H,10H2. The van der Waals surface area contributed by atoms with Gasteiger partial charge in [0.2, 0.25) is 17.7 Å². The van der Waals surface area contributed by atoms with Gasteiger partial charge in [0.25, 0.3) is 0 Å². The molecule has 4 heteroatoms. The Morgan fingerprint density at radius 1 is 1.00 bits per heavy atom. The molecule has 4 nitrogen and oxygen atoms in total. The molecule has 0 N–H and O–H groups in total. The highest BCUT2D eigenvalue weighted by molar-refractivity contribution is 6.06. The number of para-hydroxylation sites is 1. The lowest BCUT2D eigenvalue weighted by molar-refractivity contribution is -0.0773. The number of ether oxygens (including phenoxy) is 3. The number of hydrogen-bond acceptors (Lipinski definition) is 4. The van der Waals surface area contributed by atoms with Gasteiger partial charge in [-0.15, -0.1) is 0 Å². The highest BCUT2D eigenvalue weighted by Crippen LogP contribution is 2.45. The van der Waals surface area contributed by atoms with Gasteiger partial charge in [-0.25, -0.2) is 0 Å². The maximum Gasteiger partial charge on any atom is 0.243 e. The molecule has 2 heterocycles. The third kappa shape index (κ3) is 1.40. The fourth-order valence-corrected chi connectivity index (χ4v) is 2.77. The van der Waals surface area contributed by atoms with Crippen LogP contribution in [-0.2, 0) is 15.1 Å². The second kappa shape index (κ2) is 4.16. The van der Waals surface area contributed by atoms with Gasteiger partial charge in [-0.05, 0) is 17.7 Å². The van der Waals surface area contributed by atoms with Crippen molar-refractivity contribution in [3.05, 3.63) is 65.7 Å². The van der Waals surface area contributed by atoms with Crippen molar-refractivity contribution in [2.75, 3.05) is 6.79 Å². The normalized spacial score (nSPS) is 27.6. The average Bonchev–Trinajstić information content (AvgIpc) is 2.93. The topological polar surface area (TPSA) is 44.8 Å². The SMILES string of the molecule is O=C1c2ccccc2OC2OCOC12c1ccccc1. The second-order valence-electron chi connectivity index (χ2n) is 4.81. The van der Waals surface area contributed by atoms with E-state index in [-0.39, 0.29) is 12.6 Å². The van der Waals surface area contributed by atoms with Gasteiger partial charge in [0.1, 0.15) is 5.75 Å². The van der Waals surface area contributed by atoms with Crippen LogP contribution in [0.2, 0.25) is 0 Å². The molecule has 0 spiro atoms. The summed E-state index contributed by atoms with van der Waals surface area (Å²) in [5, 5.41) is 0. The van der Waals surface area contributed by atoms with Crippen LogP contribution in [0.25, 0.3) is 0 Å². The number of benzene rings is 2. The number of carbonyl (C=O) groups excluding carboxylic acids is 1. The van der Waals surface area contributed by atoms with Crippen molar-refractivity contribution in [1.29, 1.82) is 0 Å². The summed E-state index contributed by atoms with van der Waals surface area (Å²) in [6, 6.07) is 16.5. The van der Waals surface area contributed by atoms with Gasteiger partial charge < -0.3 is 14.2 Å². The molecule has 1 saturated heterocycles. The summed E-state index contributed by atoms with van der Waals surface area (Å²) in [7, 11) is 0. The molecule has 0 amide bonds. The molecule has 2 aromatic rings. The number of ketones is 1. The van der Waals surface area contributed by atoms with Gasteiger partial charge in [-0.1, -0.05) is 42.5 Å². The van der Waals surface area contributed by atoms with Gasteiger partial charge in [0, 0.05) is 0 Å². The molecule has 2 aliphatic heterocycles. The first-order valence-corrected chi connectivity index (χ1v) is 6.44. The maximum atomic E-state index is 12.9. The van der Waals surface area contributed by atoms with Crippen LogP contribution in [-0.4, -0.2) is 18.9 Å². The van der Waals surface area contributed by atoms with E-state index in [9.17, 15) is 4.79 Å². The monoisotopic (exact) mass is 268 g/mol. The molecule has 2 aromatic carbocycles. The molecule has 2 aliphatic rings. The first-order valence-electron chi connectivity index (χ1n) is 6.44. The fourth-order valence-electron chi connectivity index (χ4n) is 2.77. The molecule has 0 saturated carbocycles. The number of Topliss-reactive ketones (excluding diaryl/α,β-unsaturated/α-hetero) is 1. The molecular formula is C16H12O4. The summed E-state index contributed by atoms with van der Waals surface area (Å²) < 4.78 is 17.0. The van der Waals surface area contributed by atoms with E-state index in [0.717, 1.165) is 5.56 Å². The Kier molecular flexibility index (Phi) is 2.42. The van der Waals surface area contributed by atoms with Gasteiger partial charge in [0.05, 0.1) is 5.56 Å². The summed E-state index contributed by atoms with van der Waals surface area (Å²) >= 11 is 0. The summed E-state index contributed by atoms with van der Waals surface area (Å²) in [5.74, 6) is 0.424. The van der Waals surface area contributed by atoms with Crippen molar-refractivity contribution in [3.63, 3.8) is 0 Å². The third-order valence-corrected chi connectivity index (χ3v) is 3.74. The van der Waals surface area contributed by atoms with Crippen LogP contribution >= 0.6 is 0 Å². The quantitative estimate of drug-likeness (QED) is 0.797. The van der Waals surface area contributed by atoms with Crippen LogP contribution in [0.15, 0.2) is 54.6 Å². The zero-order chi connectivity index (χ0) is 13.6. The summed E-state index contributed by atoms with van der Waals surface area (Å²) in [6.07, 6.45) is -0.743. The number of fused-ring (bicyclic) bond motifs is 2. The predicted octanol–water partition coefficient (Wildman–Crippen LogP) is 2.49. The smallest absolute Gasteiger partial charge is 0.243 e. The number of carbonyl (C=O) groups is 1. The zero-order valence-electron chi connectivity index (χ0n) is 10.6. The van der Waals surface area contributed by atoms with Crippen LogP contribution in [0.5, 0.6) is 5.75 Å². The first kappa shape index (κ1) is 11.6. The molecule has 20 heavy (non-hydrogen) atoms. The molecule has 0 bridgehead atoms. The Balaban J connectivity index is 1.92. The van der Waals surface area contributed by atoms with Crippen LogP contribution in [0.4, 0.5) is 0 Å². The van der Waals surface area contributed by atoms with Crippen molar-refractivity contribution in [1.82, 2.24) is 0 Å². The Bertz CT molecular complexity index is 667. The molecule has 0 aliphatic carbocycles. The van der Waals surface area contributed by atoms with Crippen LogP contribution in [0.3, 0.4) is 0 Å². The summed E-state index contributed by atoms with van der Waals surface area (Å²) in [5.41, 5.74) is 0.0791. The Morgan fingerprint density at radius 2 is 1.75 bits per heavy atom. The molecule has 2 atom stereocenters. The Labute approximate surface area is 115 Å². The largest absolute Gasteiger partial charge is 0.460 e. The maximum absolute atomic E-state index is 12.9. The van der Waals surface area contributed by atoms with Gasteiger partial charge in [0.15, 0.2) is 6.79 Å². The van der Waals surface area contributed by atoms with Crippen LogP contribution in [0.1, 0.15) is 15.9 Å². The minimum atomic E-state index is -1.20. The molecule has 0 aromatic heterocycles. The van der Waals surface area contributed by atoms with Gasteiger partial charge in [-0.3, -0.25) is 4.79 Å². The molecule has 0 radical (unpaired) electrons. The Morgan fingerprint density at radius 3 is 2.60 bits per heavy atom. The van der Waals surface area contributed by atoms with E-state index in [1.165, 1.54) is 0 Å². The minimum Gasteiger partial charge on any atom is -0.460 e. The first-order chi connectivity index (χ1) is 9.82. The van der Waals surface area contributed by atoms with E-state index in [2.05, 4.69) is 0 Å². The van der Waals surface area contributed by atoms with Crippen LogP contribution < -0.4 is 4.74 Å². The summed E-state index contributed by atoms with van der Waals surface area (Å²) in [6.45, 7) is 0.0410. The summed E-state index contributed by atoms with van der Waals surface area (Å²) in [4.78, 5) is 12.9.